The van der Waals surface area contributed by atoms with Gasteiger partial charge in [-0.3, -0.25) is 4.79 Å². The van der Waals surface area contributed by atoms with Gasteiger partial charge in [0.1, 0.15) is 5.82 Å². The van der Waals surface area contributed by atoms with Crippen LogP contribution >= 0.6 is 0 Å². The molecular formula is C12H19N3O. The van der Waals surface area contributed by atoms with E-state index in [-0.39, 0.29) is 11.3 Å². The fourth-order valence-corrected chi connectivity index (χ4v) is 2.56. The topological polar surface area (TPSA) is 49.0 Å². The minimum atomic E-state index is 0.174. The van der Waals surface area contributed by atoms with Crippen LogP contribution in [0.5, 0.6) is 0 Å². The molecule has 2 rings (SSSR count). The van der Waals surface area contributed by atoms with Gasteiger partial charge in [-0.25, -0.2) is 4.98 Å². The number of rotatable bonds is 2. The van der Waals surface area contributed by atoms with E-state index in [4.69, 9.17) is 0 Å². The van der Waals surface area contributed by atoms with Crippen LogP contribution < -0.4 is 0 Å². The molecule has 4 heteroatoms. The van der Waals surface area contributed by atoms with Crippen molar-refractivity contribution in [3.8, 4) is 0 Å². The molecule has 1 aliphatic rings. The van der Waals surface area contributed by atoms with Gasteiger partial charge in [0.15, 0.2) is 0 Å². The lowest BCUT2D eigenvalue weighted by Crippen LogP contribution is -2.36. The largest absolute Gasteiger partial charge is 0.348 e. The van der Waals surface area contributed by atoms with Gasteiger partial charge in [0.2, 0.25) is 5.91 Å². The van der Waals surface area contributed by atoms with Crippen LogP contribution in [0.1, 0.15) is 33.0 Å². The summed E-state index contributed by atoms with van der Waals surface area (Å²) in [6, 6.07) is 0.345. The summed E-state index contributed by atoms with van der Waals surface area (Å²) in [5, 5.41) is 0. The fraction of sp³-hybridized carbons (Fsp3) is 0.667. The third kappa shape index (κ3) is 2.26. The molecule has 0 bridgehead atoms. The molecule has 0 saturated carbocycles. The Morgan fingerprint density at radius 2 is 2.44 bits per heavy atom. The zero-order valence-electron chi connectivity index (χ0n) is 10.2. The van der Waals surface area contributed by atoms with Gasteiger partial charge in [-0.05, 0) is 18.8 Å². The van der Waals surface area contributed by atoms with E-state index >= 15 is 0 Å². The number of nitrogens with zero attached hydrogens (tertiary/aromatic N) is 2. The van der Waals surface area contributed by atoms with Crippen LogP contribution in [-0.2, 0) is 11.2 Å². The number of nitrogens with one attached hydrogen (secondary N) is 1. The SMILES string of the molecule is C[C@H]1CC(C)(C)CN1C(=O)Cc1ncc[nH]1. The summed E-state index contributed by atoms with van der Waals surface area (Å²) in [5.41, 5.74) is 0.248. The minimum absolute atomic E-state index is 0.174. The molecule has 88 valence electrons. The molecule has 2 heterocycles. The molecule has 4 nitrogen and oxygen atoms in total. The average molecular weight is 221 g/mol. The predicted octanol–water partition coefficient (Wildman–Crippen LogP) is 1.60. The normalized spacial score (nSPS) is 23.7. The van der Waals surface area contributed by atoms with Crippen LogP contribution in [-0.4, -0.2) is 33.4 Å². The van der Waals surface area contributed by atoms with Gasteiger partial charge in [0.05, 0.1) is 6.42 Å². The molecule has 1 aromatic heterocycles. The molecule has 1 atom stereocenters. The summed E-state index contributed by atoms with van der Waals surface area (Å²) >= 11 is 0. The predicted molar refractivity (Wildman–Crippen MR) is 61.9 cm³/mol. The van der Waals surface area contributed by atoms with Crippen molar-refractivity contribution in [2.75, 3.05) is 6.54 Å². The van der Waals surface area contributed by atoms with Gasteiger partial charge in [-0.2, -0.15) is 0 Å². The van der Waals surface area contributed by atoms with E-state index in [0.717, 1.165) is 18.8 Å². The molecular weight excluding hydrogens is 202 g/mol. The molecule has 1 aliphatic heterocycles. The number of aromatic amines is 1. The Kier molecular flexibility index (Phi) is 2.74. The Hall–Kier alpha value is -1.32. The monoisotopic (exact) mass is 221 g/mol. The van der Waals surface area contributed by atoms with E-state index < -0.39 is 0 Å². The van der Waals surface area contributed by atoms with Crippen LogP contribution in [0.3, 0.4) is 0 Å². The highest BCUT2D eigenvalue weighted by Gasteiger charge is 2.37. The lowest BCUT2D eigenvalue weighted by Gasteiger charge is -2.22. The molecule has 1 saturated heterocycles. The Labute approximate surface area is 96.1 Å². The van der Waals surface area contributed by atoms with Crippen LogP contribution in [0.2, 0.25) is 0 Å². The first-order valence-electron chi connectivity index (χ1n) is 5.76. The maximum absolute atomic E-state index is 12.1. The summed E-state index contributed by atoms with van der Waals surface area (Å²) in [4.78, 5) is 21.1. The quantitative estimate of drug-likeness (QED) is 0.824. The zero-order valence-corrected chi connectivity index (χ0v) is 10.2. The number of carbonyl (C=O) groups excluding carboxylic acids is 1. The van der Waals surface area contributed by atoms with Crippen molar-refractivity contribution in [3.05, 3.63) is 18.2 Å². The number of imidazole rings is 1. The van der Waals surface area contributed by atoms with Gasteiger partial charge < -0.3 is 9.88 Å². The molecule has 1 amide bonds. The summed E-state index contributed by atoms with van der Waals surface area (Å²) in [5.74, 6) is 0.926. The highest BCUT2D eigenvalue weighted by Crippen LogP contribution is 2.33. The molecule has 1 aromatic rings. The highest BCUT2D eigenvalue weighted by molar-refractivity contribution is 5.78. The minimum Gasteiger partial charge on any atom is -0.348 e. The zero-order chi connectivity index (χ0) is 11.8. The summed E-state index contributed by atoms with van der Waals surface area (Å²) in [6.45, 7) is 7.40. The van der Waals surface area contributed by atoms with Crippen LogP contribution in [0.15, 0.2) is 12.4 Å². The Bertz CT molecular complexity index is 370. The average Bonchev–Trinajstić information content (AvgIpc) is 2.73. The number of hydrogen-bond donors (Lipinski definition) is 1. The van der Waals surface area contributed by atoms with Crippen LogP contribution in [0.25, 0.3) is 0 Å². The van der Waals surface area contributed by atoms with E-state index in [1.54, 1.807) is 12.4 Å². The van der Waals surface area contributed by atoms with E-state index in [2.05, 4.69) is 30.7 Å². The first-order chi connectivity index (χ1) is 7.48. The van der Waals surface area contributed by atoms with Crippen molar-refractivity contribution in [3.63, 3.8) is 0 Å². The number of H-pyrrole nitrogens is 1. The van der Waals surface area contributed by atoms with Crippen molar-refractivity contribution >= 4 is 5.91 Å². The lowest BCUT2D eigenvalue weighted by molar-refractivity contribution is -0.131. The van der Waals surface area contributed by atoms with E-state index in [9.17, 15) is 4.79 Å². The van der Waals surface area contributed by atoms with Crippen LogP contribution in [0.4, 0.5) is 0 Å². The maximum atomic E-state index is 12.1. The Morgan fingerprint density at radius 1 is 1.69 bits per heavy atom. The third-order valence-electron chi connectivity index (χ3n) is 3.17. The molecule has 0 radical (unpaired) electrons. The first-order valence-corrected chi connectivity index (χ1v) is 5.76. The molecule has 0 aromatic carbocycles. The van der Waals surface area contributed by atoms with Gasteiger partial charge >= 0.3 is 0 Å². The second kappa shape index (κ2) is 3.92. The standard InChI is InChI=1S/C12H19N3O/c1-9-7-12(2,3)8-15(9)11(16)6-10-13-4-5-14-10/h4-5,9H,6-8H2,1-3H3,(H,13,14)/t9-/m0/s1. The highest BCUT2D eigenvalue weighted by atomic mass is 16.2. The molecule has 1 fully saturated rings. The molecule has 16 heavy (non-hydrogen) atoms. The van der Waals surface area contributed by atoms with Gasteiger partial charge in [-0.15, -0.1) is 0 Å². The third-order valence-corrected chi connectivity index (χ3v) is 3.17. The van der Waals surface area contributed by atoms with Crippen molar-refractivity contribution in [2.24, 2.45) is 5.41 Å². The maximum Gasteiger partial charge on any atom is 0.230 e. The van der Waals surface area contributed by atoms with Crippen molar-refractivity contribution in [2.45, 2.75) is 39.7 Å². The second-order valence-electron chi connectivity index (χ2n) is 5.45. The number of aromatic nitrogens is 2. The van der Waals surface area contributed by atoms with Crippen LogP contribution in [0, 0.1) is 5.41 Å². The summed E-state index contributed by atoms with van der Waals surface area (Å²) in [7, 11) is 0. The number of carbonyl (C=O) groups is 1. The second-order valence-corrected chi connectivity index (χ2v) is 5.45. The molecule has 0 spiro atoms. The fourth-order valence-electron chi connectivity index (χ4n) is 2.56. The van der Waals surface area contributed by atoms with E-state index in [0.29, 0.717) is 12.5 Å². The van der Waals surface area contributed by atoms with Gasteiger partial charge in [-0.1, -0.05) is 13.8 Å². The lowest BCUT2D eigenvalue weighted by atomic mass is 9.91. The van der Waals surface area contributed by atoms with Crippen molar-refractivity contribution in [1.29, 1.82) is 0 Å². The molecule has 0 aliphatic carbocycles. The molecule has 1 N–H and O–H groups in total. The summed E-state index contributed by atoms with van der Waals surface area (Å²) in [6.07, 6.45) is 4.89. The Balaban J connectivity index is 2.00. The van der Waals surface area contributed by atoms with Gasteiger partial charge in [0.25, 0.3) is 0 Å². The van der Waals surface area contributed by atoms with E-state index in [1.165, 1.54) is 0 Å². The number of hydrogen-bond acceptors (Lipinski definition) is 2. The number of amides is 1. The number of likely N-dealkylation sites (tertiary alicyclic amines) is 1. The van der Waals surface area contributed by atoms with E-state index in [1.807, 2.05) is 4.90 Å². The summed E-state index contributed by atoms with van der Waals surface area (Å²) < 4.78 is 0. The van der Waals surface area contributed by atoms with Crippen molar-refractivity contribution in [1.82, 2.24) is 14.9 Å². The molecule has 0 unspecified atom stereocenters. The Morgan fingerprint density at radius 3 is 2.94 bits per heavy atom. The smallest absolute Gasteiger partial charge is 0.230 e. The first kappa shape index (κ1) is 11.2. The van der Waals surface area contributed by atoms with Crippen molar-refractivity contribution < 1.29 is 4.79 Å². The van der Waals surface area contributed by atoms with Gasteiger partial charge in [0, 0.05) is 25.0 Å².